The zero-order valence-electron chi connectivity index (χ0n) is 9.18. The Balaban J connectivity index is 2.13. The van der Waals surface area contributed by atoms with Crippen LogP contribution in [0.25, 0.3) is 0 Å². The van der Waals surface area contributed by atoms with Gasteiger partial charge in [-0.25, -0.2) is 8.78 Å². The molecule has 5 heteroatoms. The van der Waals surface area contributed by atoms with Crippen molar-refractivity contribution in [3.63, 3.8) is 0 Å². The minimum atomic E-state index is -0.513. The average Bonchev–Trinajstić information content (AvgIpc) is 2.32. The van der Waals surface area contributed by atoms with Gasteiger partial charge in [-0.2, -0.15) is 0 Å². The first-order valence-electron chi connectivity index (χ1n) is 5.19. The molecule has 0 aliphatic heterocycles. The summed E-state index contributed by atoms with van der Waals surface area (Å²) >= 11 is 11.7. The van der Waals surface area contributed by atoms with E-state index in [1.807, 2.05) is 0 Å². The number of benzene rings is 2. The number of halogens is 4. The lowest BCUT2D eigenvalue weighted by molar-refractivity contribution is 0.602. The highest BCUT2D eigenvalue weighted by molar-refractivity contribution is 6.35. The van der Waals surface area contributed by atoms with E-state index < -0.39 is 11.6 Å². The van der Waals surface area contributed by atoms with Crippen molar-refractivity contribution in [3.8, 4) is 0 Å². The minimum Gasteiger partial charge on any atom is -0.378 e. The highest BCUT2D eigenvalue weighted by Crippen LogP contribution is 2.23. The van der Waals surface area contributed by atoms with E-state index in [0.717, 1.165) is 23.8 Å². The summed E-state index contributed by atoms with van der Waals surface area (Å²) in [7, 11) is 0. The molecule has 1 nitrogen and oxygen atoms in total. The van der Waals surface area contributed by atoms with Crippen LogP contribution in [0.4, 0.5) is 14.5 Å². The molecule has 0 amide bonds. The lowest BCUT2D eigenvalue weighted by atomic mass is 10.2. The molecule has 94 valence electrons. The van der Waals surface area contributed by atoms with Crippen molar-refractivity contribution < 1.29 is 8.78 Å². The zero-order chi connectivity index (χ0) is 13.1. The molecular formula is C13H9Cl2F2N. The van der Waals surface area contributed by atoms with Gasteiger partial charge in [0, 0.05) is 16.6 Å². The molecule has 1 N–H and O–H groups in total. The third kappa shape index (κ3) is 3.12. The fraction of sp³-hybridized carbons (Fsp3) is 0.0769. The molecule has 0 radical (unpaired) electrons. The van der Waals surface area contributed by atoms with Gasteiger partial charge in [0.1, 0.15) is 11.6 Å². The first kappa shape index (κ1) is 13.1. The molecule has 0 saturated carbocycles. The van der Waals surface area contributed by atoms with Gasteiger partial charge in [-0.3, -0.25) is 0 Å². The van der Waals surface area contributed by atoms with E-state index in [-0.39, 0.29) is 12.2 Å². The van der Waals surface area contributed by atoms with Crippen molar-refractivity contribution >= 4 is 28.9 Å². The normalized spacial score (nSPS) is 10.4. The summed E-state index contributed by atoms with van der Waals surface area (Å²) in [6.07, 6.45) is 0. The lowest BCUT2D eigenvalue weighted by Gasteiger charge is -2.09. The Kier molecular flexibility index (Phi) is 4.04. The number of anilines is 1. The Bertz CT molecular complexity index is 573. The van der Waals surface area contributed by atoms with Crippen LogP contribution in [0.3, 0.4) is 0 Å². The van der Waals surface area contributed by atoms with Crippen molar-refractivity contribution in [3.05, 3.63) is 63.6 Å². The summed E-state index contributed by atoms with van der Waals surface area (Å²) in [6.45, 7) is 0.288. The topological polar surface area (TPSA) is 12.0 Å². The van der Waals surface area contributed by atoms with Gasteiger partial charge in [-0.05, 0) is 35.9 Å². The van der Waals surface area contributed by atoms with Gasteiger partial charge in [-0.15, -0.1) is 0 Å². The maximum atomic E-state index is 13.4. The monoisotopic (exact) mass is 287 g/mol. The minimum absolute atomic E-state index is 0.0982. The Labute approximate surface area is 113 Å². The van der Waals surface area contributed by atoms with E-state index in [4.69, 9.17) is 23.2 Å². The summed E-state index contributed by atoms with van der Waals surface area (Å²) in [5, 5.41) is 3.79. The largest absolute Gasteiger partial charge is 0.378 e. The quantitative estimate of drug-likeness (QED) is 0.848. The van der Waals surface area contributed by atoms with Crippen LogP contribution in [0.2, 0.25) is 10.0 Å². The van der Waals surface area contributed by atoms with Crippen molar-refractivity contribution in [1.29, 1.82) is 0 Å². The molecular weight excluding hydrogens is 279 g/mol. The van der Waals surface area contributed by atoms with Gasteiger partial charge in [0.15, 0.2) is 0 Å². The van der Waals surface area contributed by atoms with Crippen molar-refractivity contribution in [1.82, 2.24) is 0 Å². The molecule has 0 heterocycles. The Hall–Kier alpha value is -1.32. The SMILES string of the molecule is Fc1ccc(F)c(NCc2ccc(Cl)cc2Cl)c1. The first-order valence-corrected chi connectivity index (χ1v) is 5.95. The number of hydrogen-bond acceptors (Lipinski definition) is 1. The fourth-order valence-corrected chi connectivity index (χ4v) is 1.96. The van der Waals surface area contributed by atoms with Crippen LogP contribution in [-0.2, 0) is 6.54 Å². The van der Waals surface area contributed by atoms with Crippen LogP contribution in [-0.4, -0.2) is 0 Å². The molecule has 2 aromatic carbocycles. The summed E-state index contributed by atoms with van der Waals surface area (Å²) in [6, 6.07) is 8.25. The Morgan fingerprint density at radius 2 is 1.78 bits per heavy atom. The first-order chi connectivity index (χ1) is 8.56. The summed E-state index contributed by atoms with van der Waals surface area (Å²) in [4.78, 5) is 0. The van der Waals surface area contributed by atoms with Crippen LogP contribution in [0.1, 0.15) is 5.56 Å². The Morgan fingerprint density at radius 1 is 1.00 bits per heavy atom. The summed E-state index contributed by atoms with van der Waals surface area (Å²) < 4.78 is 26.3. The molecule has 0 bridgehead atoms. The molecule has 0 spiro atoms. The van der Waals surface area contributed by atoms with E-state index in [1.165, 1.54) is 0 Å². The molecule has 0 aliphatic carbocycles. The molecule has 0 unspecified atom stereocenters. The standard InChI is InChI=1S/C13H9Cl2F2N/c14-9-2-1-8(11(15)5-9)7-18-13-6-10(16)3-4-12(13)17/h1-6,18H,7H2. The maximum Gasteiger partial charge on any atom is 0.146 e. The van der Waals surface area contributed by atoms with Crippen molar-refractivity contribution in [2.75, 3.05) is 5.32 Å². The molecule has 2 aromatic rings. The van der Waals surface area contributed by atoms with Crippen molar-refractivity contribution in [2.24, 2.45) is 0 Å². The number of hydrogen-bond donors (Lipinski definition) is 1. The van der Waals surface area contributed by atoms with Crippen LogP contribution in [0.15, 0.2) is 36.4 Å². The smallest absolute Gasteiger partial charge is 0.146 e. The molecule has 2 rings (SSSR count). The third-order valence-electron chi connectivity index (χ3n) is 2.41. The fourth-order valence-electron chi connectivity index (χ4n) is 1.49. The molecule has 0 aliphatic rings. The number of rotatable bonds is 3. The molecule has 0 fully saturated rings. The van der Waals surface area contributed by atoms with E-state index in [9.17, 15) is 8.78 Å². The van der Waals surface area contributed by atoms with Crippen LogP contribution >= 0.6 is 23.2 Å². The molecule has 0 aromatic heterocycles. The third-order valence-corrected chi connectivity index (χ3v) is 3.00. The highest BCUT2D eigenvalue weighted by Gasteiger charge is 2.05. The van der Waals surface area contributed by atoms with Gasteiger partial charge in [0.2, 0.25) is 0 Å². The van der Waals surface area contributed by atoms with Gasteiger partial charge >= 0.3 is 0 Å². The highest BCUT2D eigenvalue weighted by atomic mass is 35.5. The van der Waals surface area contributed by atoms with E-state index >= 15 is 0 Å². The van der Waals surface area contributed by atoms with E-state index in [1.54, 1.807) is 18.2 Å². The van der Waals surface area contributed by atoms with Gasteiger partial charge in [0.25, 0.3) is 0 Å². The molecule has 18 heavy (non-hydrogen) atoms. The van der Waals surface area contributed by atoms with Crippen LogP contribution in [0.5, 0.6) is 0 Å². The predicted octanol–water partition coefficient (Wildman–Crippen LogP) is 4.88. The van der Waals surface area contributed by atoms with Crippen LogP contribution in [0, 0.1) is 11.6 Å². The van der Waals surface area contributed by atoms with Crippen molar-refractivity contribution in [2.45, 2.75) is 6.54 Å². The number of nitrogens with one attached hydrogen (secondary N) is 1. The average molecular weight is 288 g/mol. The zero-order valence-corrected chi connectivity index (χ0v) is 10.7. The molecule has 0 atom stereocenters. The summed E-state index contributed by atoms with van der Waals surface area (Å²) in [5.41, 5.74) is 0.853. The van der Waals surface area contributed by atoms with Gasteiger partial charge < -0.3 is 5.32 Å². The van der Waals surface area contributed by atoms with Gasteiger partial charge in [0.05, 0.1) is 5.69 Å². The second-order valence-electron chi connectivity index (χ2n) is 3.71. The van der Waals surface area contributed by atoms with E-state index in [0.29, 0.717) is 10.0 Å². The second-order valence-corrected chi connectivity index (χ2v) is 4.56. The van der Waals surface area contributed by atoms with Crippen LogP contribution < -0.4 is 5.32 Å². The maximum absolute atomic E-state index is 13.4. The van der Waals surface area contributed by atoms with E-state index in [2.05, 4.69) is 5.32 Å². The summed E-state index contributed by atoms with van der Waals surface area (Å²) in [5.74, 6) is -1.01. The Morgan fingerprint density at radius 3 is 2.50 bits per heavy atom. The molecule has 0 saturated heterocycles. The predicted molar refractivity (Wildman–Crippen MR) is 70.1 cm³/mol. The second kappa shape index (κ2) is 5.55. The van der Waals surface area contributed by atoms with Gasteiger partial charge in [-0.1, -0.05) is 29.3 Å². The lowest BCUT2D eigenvalue weighted by Crippen LogP contribution is -2.02.